The fourth-order valence-electron chi connectivity index (χ4n) is 12.8. The third kappa shape index (κ3) is 4.80. The molecule has 1 saturated carbocycles. The van der Waals surface area contributed by atoms with Crippen LogP contribution in [0, 0.1) is 11.3 Å². The van der Waals surface area contributed by atoms with Gasteiger partial charge in [0.2, 0.25) is 5.60 Å². The molecule has 2 bridgehead atoms. The Morgan fingerprint density at radius 2 is 1.77 bits per heavy atom. The topological polar surface area (TPSA) is 134 Å². The number of para-hydroxylation sites is 1. The monoisotopic (exact) mass is 778 g/mol. The van der Waals surface area contributed by atoms with Gasteiger partial charge in [-0.2, -0.15) is 0 Å². The van der Waals surface area contributed by atoms with Crippen molar-refractivity contribution in [2.75, 3.05) is 59.5 Å². The van der Waals surface area contributed by atoms with Crippen molar-refractivity contribution in [1.82, 2.24) is 14.8 Å². The molecule has 6 heterocycles. The van der Waals surface area contributed by atoms with E-state index in [1.54, 1.807) is 7.11 Å². The average Bonchev–Trinajstić information content (AvgIpc) is 3.87. The van der Waals surface area contributed by atoms with Gasteiger partial charge in [-0.1, -0.05) is 55.8 Å². The first-order valence-corrected chi connectivity index (χ1v) is 20.3. The average molecular weight is 779 g/mol. The van der Waals surface area contributed by atoms with E-state index in [1.165, 1.54) is 26.7 Å². The zero-order valence-electron chi connectivity index (χ0n) is 34.0. The summed E-state index contributed by atoms with van der Waals surface area (Å²) in [4.78, 5) is 53.1. The summed E-state index contributed by atoms with van der Waals surface area (Å²) in [5.41, 5.74) is 1.05. The lowest BCUT2D eigenvalue weighted by molar-refractivity contribution is -0.228. The molecule has 1 saturated heterocycles. The van der Waals surface area contributed by atoms with Gasteiger partial charge < -0.3 is 33.9 Å². The Bertz CT molecular complexity index is 2250. The van der Waals surface area contributed by atoms with Gasteiger partial charge in [-0.25, -0.2) is 4.79 Å². The van der Waals surface area contributed by atoms with Crippen LogP contribution in [0.1, 0.15) is 68.8 Å². The first kappa shape index (κ1) is 37.9. The highest BCUT2D eigenvalue weighted by Crippen LogP contribution is 2.68. The number of anilines is 1. The number of fused-ring (bicyclic) bond motifs is 6. The largest absolute Gasteiger partial charge is 0.496 e. The number of rotatable bonds is 7. The highest BCUT2D eigenvalue weighted by molar-refractivity contribution is 5.95. The van der Waals surface area contributed by atoms with E-state index in [2.05, 4.69) is 58.1 Å². The number of nitrogens with one attached hydrogen (secondary N) is 1. The third-order valence-electron chi connectivity index (χ3n) is 14.8. The molecule has 57 heavy (non-hydrogen) atoms. The Labute approximate surface area is 333 Å². The Morgan fingerprint density at radius 1 is 1.00 bits per heavy atom. The quantitative estimate of drug-likeness (QED) is 0.196. The fraction of sp³-hybridized carbons (Fsp3) is 0.533. The van der Waals surface area contributed by atoms with E-state index in [0.717, 1.165) is 52.9 Å². The van der Waals surface area contributed by atoms with Gasteiger partial charge in [0.25, 0.3) is 0 Å². The maximum Gasteiger partial charge on any atom is 0.344 e. The van der Waals surface area contributed by atoms with Gasteiger partial charge >= 0.3 is 17.9 Å². The van der Waals surface area contributed by atoms with Gasteiger partial charge in [0.05, 0.1) is 27.4 Å². The number of methoxy groups -OCH3 is 3. The second-order valence-corrected chi connectivity index (χ2v) is 17.2. The zero-order valence-corrected chi connectivity index (χ0v) is 34.0. The molecule has 6 aliphatic rings. The number of ether oxygens (including phenoxy) is 4. The zero-order chi connectivity index (χ0) is 40.2. The number of hydrogen-bond donors (Lipinski definition) is 2. The molecule has 0 amide bonds. The lowest BCUT2D eigenvalue weighted by Gasteiger charge is -2.63. The molecule has 1 aromatic heterocycles. The van der Waals surface area contributed by atoms with Crippen LogP contribution in [0.2, 0.25) is 0 Å². The Hall–Kier alpha value is -4.65. The molecule has 302 valence electrons. The summed E-state index contributed by atoms with van der Waals surface area (Å²) < 4.78 is 23.9. The molecular formula is C45H54N4O8. The smallest absolute Gasteiger partial charge is 0.344 e. The summed E-state index contributed by atoms with van der Waals surface area (Å²) >= 11 is 0. The Kier molecular flexibility index (Phi) is 8.77. The molecule has 2 N–H and O–H groups in total. The molecule has 12 heteroatoms. The van der Waals surface area contributed by atoms with Crippen LogP contribution in [-0.4, -0.2) is 116 Å². The minimum Gasteiger partial charge on any atom is -0.496 e. The first-order chi connectivity index (χ1) is 27.4. The number of aromatic nitrogens is 1. The predicted molar refractivity (Wildman–Crippen MR) is 214 cm³/mol. The van der Waals surface area contributed by atoms with Crippen LogP contribution < -0.4 is 9.64 Å². The number of benzene rings is 2. The van der Waals surface area contributed by atoms with Crippen LogP contribution in [0.4, 0.5) is 5.69 Å². The van der Waals surface area contributed by atoms with Crippen molar-refractivity contribution in [2.45, 2.75) is 87.6 Å². The molecular weight excluding hydrogens is 725 g/mol. The molecule has 1 spiro atoms. The van der Waals surface area contributed by atoms with Crippen LogP contribution in [0.25, 0.3) is 10.9 Å². The lowest BCUT2D eigenvalue weighted by atomic mass is 9.47. The Morgan fingerprint density at radius 3 is 2.47 bits per heavy atom. The molecule has 1 unspecified atom stereocenters. The van der Waals surface area contributed by atoms with E-state index < -0.39 is 45.9 Å². The van der Waals surface area contributed by atoms with Crippen molar-refractivity contribution in [3.63, 3.8) is 0 Å². The van der Waals surface area contributed by atoms with Crippen molar-refractivity contribution < 1.29 is 38.4 Å². The van der Waals surface area contributed by atoms with E-state index in [1.807, 2.05) is 37.1 Å². The van der Waals surface area contributed by atoms with Crippen LogP contribution in [0.3, 0.4) is 0 Å². The lowest BCUT2D eigenvalue weighted by Crippen LogP contribution is -2.81. The summed E-state index contributed by atoms with van der Waals surface area (Å²) in [6.07, 6.45) is 7.67. The second-order valence-electron chi connectivity index (χ2n) is 17.2. The van der Waals surface area contributed by atoms with Gasteiger partial charge in [-0.05, 0) is 61.4 Å². The minimum absolute atomic E-state index is 0.0284. The number of likely N-dealkylation sites (N-methyl/N-ethyl adjacent to an activating group) is 1. The number of carbonyl (C=O) groups excluding carboxylic acids is 3. The second kappa shape index (κ2) is 13.2. The van der Waals surface area contributed by atoms with Gasteiger partial charge in [-0.15, -0.1) is 0 Å². The molecule has 5 aliphatic heterocycles. The van der Waals surface area contributed by atoms with E-state index in [-0.39, 0.29) is 17.9 Å². The molecule has 2 fully saturated rings. The van der Waals surface area contributed by atoms with Crippen molar-refractivity contribution in [1.29, 1.82) is 0 Å². The van der Waals surface area contributed by atoms with Gasteiger partial charge in [-0.3, -0.25) is 19.4 Å². The van der Waals surface area contributed by atoms with E-state index in [0.29, 0.717) is 50.2 Å². The highest BCUT2D eigenvalue weighted by atomic mass is 16.6. The maximum atomic E-state index is 15.2. The summed E-state index contributed by atoms with van der Waals surface area (Å²) in [5, 5.41) is 14.4. The van der Waals surface area contributed by atoms with Crippen molar-refractivity contribution >= 4 is 34.5 Å². The van der Waals surface area contributed by atoms with Crippen LogP contribution >= 0.6 is 0 Å². The highest BCUT2D eigenvalue weighted by Gasteiger charge is 2.80. The van der Waals surface area contributed by atoms with Gasteiger partial charge in [0.15, 0.2) is 6.10 Å². The maximum absolute atomic E-state index is 15.2. The summed E-state index contributed by atoms with van der Waals surface area (Å²) in [6.45, 7) is 9.19. The Balaban J connectivity index is 1.37. The molecule has 0 radical (unpaired) electrons. The standard InChI is InChI=1S/C45H54N4O8/c1-8-27-19-28-22-44(40(51)55-6,36-30(25-48(23-27)24-28)29-13-10-11-14-33(29)46-36)32-20-31-34(21-35(32)54-5)47(4)38-43(31)16-18-49-17-12-15-42(9-2,37(43)49)39(57-26(3)50)45(38,53)41(52)56-7/h10-15,19-21,28,37-39,46,53H,8-9,16-18,22-25H2,1-7H3/t28-,37-,38+,39-,42+,43+,44-,45-/m0/s1. The molecule has 3 aromatic rings. The number of aliphatic hydroxyl groups is 1. The van der Waals surface area contributed by atoms with Gasteiger partial charge in [0.1, 0.15) is 11.2 Å². The molecule has 1 aliphatic carbocycles. The molecule has 9 atom stereocenters. The normalized spacial score (nSPS) is 34.9. The SMILES string of the molecule is CCC1=C[C@@H]2CN(C1)Cc1c([nH]c3ccccc13)[C@@](C(=O)OC)(c1cc3c(cc1OC)N(C)[C@H]1[C@@](O)(C(=O)OC)[C@@H](OC(C)=O)[C@]4(CC)C=CCN5CC[C@]31[C@@H]54)C2. The van der Waals surface area contributed by atoms with Crippen LogP contribution in [0.5, 0.6) is 5.75 Å². The predicted octanol–water partition coefficient (Wildman–Crippen LogP) is 4.75. The minimum atomic E-state index is -2.27. The molecule has 2 aromatic carbocycles. The van der Waals surface area contributed by atoms with Crippen LogP contribution in [0.15, 0.2) is 60.2 Å². The number of carbonyl (C=O) groups is 3. The number of nitrogens with zero attached hydrogens (tertiary/aromatic N) is 3. The number of hydrogen-bond acceptors (Lipinski definition) is 11. The number of H-pyrrole nitrogens is 1. The summed E-state index contributed by atoms with van der Waals surface area (Å²) in [6, 6.07) is 11.2. The van der Waals surface area contributed by atoms with Crippen molar-refractivity contribution in [2.24, 2.45) is 11.3 Å². The van der Waals surface area contributed by atoms with E-state index >= 15 is 4.79 Å². The van der Waals surface area contributed by atoms with Crippen molar-refractivity contribution in [3.05, 3.63) is 82.6 Å². The van der Waals surface area contributed by atoms with E-state index in [4.69, 9.17) is 18.9 Å². The summed E-state index contributed by atoms with van der Waals surface area (Å²) in [7, 11) is 6.22. The summed E-state index contributed by atoms with van der Waals surface area (Å²) in [5.74, 6) is -1.31. The van der Waals surface area contributed by atoms with Crippen molar-refractivity contribution in [3.8, 4) is 5.75 Å². The van der Waals surface area contributed by atoms with Crippen LogP contribution in [-0.2, 0) is 46.0 Å². The fourth-order valence-corrected chi connectivity index (χ4v) is 12.8. The molecule has 9 rings (SSSR count). The number of esters is 3. The first-order valence-electron chi connectivity index (χ1n) is 20.3. The van der Waals surface area contributed by atoms with Gasteiger partial charge in [0, 0.05) is 90.9 Å². The van der Waals surface area contributed by atoms with E-state index in [9.17, 15) is 14.7 Å². The third-order valence-corrected chi connectivity index (χ3v) is 14.8. The number of aromatic amines is 1. The molecule has 12 nitrogen and oxygen atoms in total.